The molecule has 20 heavy (non-hydrogen) atoms. The molecule has 0 aliphatic carbocycles. The summed E-state index contributed by atoms with van der Waals surface area (Å²) in [5.74, 6) is 0.632. The van der Waals surface area contributed by atoms with E-state index in [0.717, 1.165) is 15.6 Å². The SMILES string of the molecule is Cc1c(N)cc(Br)cc1-c1nnnn1CC(C)S(C)=O. The van der Waals surface area contributed by atoms with Gasteiger partial charge in [-0.2, -0.15) is 0 Å². The fourth-order valence-electron chi connectivity index (χ4n) is 1.80. The summed E-state index contributed by atoms with van der Waals surface area (Å²) in [5, 5.41) is 11.7. The smallest absolute Gasteiger partial charge is 0.182 e. The standard InChI is InChI=1S/C12H16BrN5OS/c1-7(20(3)19)6-18-12(15-16-17-18)10-4-9(13)5-11(14)8(10)2/h4-5,7H,6,14H2,1-3H3. The van der Waals surface area contributed by atoms with E-state index >= 15 is 0 Å². The van der Waals surface area contributed by atoms with E-state index < -0.39 is 10.8 Å². The Morgan fingerprint density at radius 1 is 1.50 bits per heavy atom. The molecule has 2 unspecified atom stereocenters. The Morgan fingerprint density at radius 2 is 2.20 bits per heavy atom. The second kappa shape index (κ2) is 6.01. The number of nitrogens with zero attached hydrogens (tertiary/aromatic N) is 4. The van der Waals surface area contributed by atoms with E-state index in [-0.39, 0.29) is 5.25 Å². The Balaban J connectivity index is 2.45. The molecular formula is C12H16BrN5OS. The lowest BCUT2D eigenvalue weighted by molar-refractivity contribution is 0.579. The monoisotopic (exact) mass is 357 g/mol. The summed E-state index contributed by atoms with van der Waals surface area (Å²) in [5.41, 5.74) is 8.44. The maximum absolute atomic E-state index is 11.5. The van der Waals surface area contributed by atoms with Crippen LogP contribution in [-0.2, 0) is 17.3 Å². The number of hydrogen-bond acceptors (Lipinski definition) is 5. The number of anilines is 1. The van der Waals surface area contributed by atoms with E-state index in [1.54, 1.807) is 10.9 Å². The molecule has 0 bridgehead atoms. The predicted molar refractivity (Wildman–Crippen MR) is 83.6 cm³/mol. The molecule has 2 atom stereocenters. The van der Waals surface area contributed by atoms with Crippen molar-refractivity contribution in [3.63, 3.8) is 0 Å². The van der Waals surface area contributed by atoms with Crippen molar-refractivity contribution in [2.75, 3.05) is 12.0 Å². The maximum atomic E-state index is 11.5. The number of nitrogen functional groups attached to an aromatic ring is 1. The van der Waals surface area contributed by atoms with Gasteiger partial charge in [0.2, 0.25) is 0 Å². The molecule has 108 valence electrons. The molecule has 0 aliphatic rings. The van der Waals surface area contributed by atoms with Crippen molar-refractivity contribution in [3.8, 4) is 11.4 Å². The third-order valence-corrected chi connectivity index (χ3v) is 4.92. The third-order valence-electron chi connectivity index (χ3n) is 3.18. The van der Waals surface area contributed by atoms with Crippen LogP contribution in [0.15, 0.2) is 16.6 Å². The fourth-order valence-corrected chi connectivity index (χ4v) is 2.63. The van der Waals surface area contributed by atoms with Crippen LogP contribution in [0.1, 0.15) is 12.5 Å². The second-order valence-corrected chi connectivity index (χ2v) is 7.38. The summed E-state index contributed by atoms with van der Waals surface area (Å²) in [7, 11) is -0.924. The lowest BCUT2D eigenvalue weighted by Gasteiger charge is -2.12. The molecule has 1 aromatic heterocycles. The number of nitrogens with two attached hydrogens (primary N) is 1. The first-order valence-corrected chi connectivity index (χ1v) is 8.46. The molecule has 2 aromatic rings. The van der Waals surface area contributed by atoms with Crippen molar-refractivity contribution in [1.29, 1.82) is 0 Å². The Hall–Kier alpha value is -1.28. The minimum Gasteiger partial charge on any atom is -0.398 e. The third kappa shape index (κ3) is 3.06. The van der Waals surface area contributed by atoms with Crippen molar-refractivity contribution in [3.05, 3.63) is 22.2 Å². The van der Waals surface area contributed by atoms with Gasteiger partial charge in [-0.05, 0) is 42.0 Å². The molecule has 1 aromatic carbocycles. The Kier molecular flexibility index (Phi) is 4.54. The van der Waals surface area contributed by atoms with E-state index in [1.165, 1.54) is 0 Å². The minimum absolute atomic E-state index is 0.0259. The number of tetrazole rings is 1. The van der Waals surface area contributed by atoms with Gasteiger partial charge in [0, 0.05) is 32.8 Å². The van der Waals surface area contributed by atoms with Gasteiger partial charge in [-0.1, -0.05) is 15.9 Å². The highest BCUT2D eigenvalue weighted by atomic mass is 79.9. The van der Waals surface area contributed by atoms with Gasteiger partial charge in [-0.3, -0.25) is 4.21 Å². The van der Waals surface area contributed by atoms with Crippen LogP contribution < -0.4 is 5.73 Å². The molecule has 0 saturated carbocycles. The van der Waals surface area contributed by atoms with Gasteiger partial charge in [-0.15, -0.1) is 5.10 Å². The number of rotatable bonds is 4. The first-order valence-electron chi connectivity index (χ1n) is 6.04. The Morgan fingerprint density at radius 3 is 2.85 bits per heavy atom. The van der Waals surface area contributed by atoms with Crippen LogP contribution in [-0.4, -0.2) is 35.9 Å². The molecule has 0 fully saturated rings. The summed E-state index contributed by atoms with van der Waals surface area (Å²) in [6.45, 7) is 4.33. The maximum Gasteiger partial charge on any atom is 0.182 e. The zero-order valence-corrected chi connectivity index (χ0v) is 13.9. The van der Waals surface area contributed by atoms with Gasteiger partial charge in [0.15, 0.2) is 5.82 Å². The highest BCUT2D eigenvalue weighted by Crippen LogP contribution is 2.29. The van der Waals surface area contributed by atoms with Crippen molar-refractivity contribution in [2.24, 2.45) is 0 Å². The Bertz CT molecular complexity index is 657. The molecule has 2 rings (SSSR count). The van der Waals surface area contributed by atoms with Crippen LogP contribution in [0.2, 0.25) is 0 Å². The molecule has 0 aliphatic heterocycles. The van der Waals surface area contributed by atoms with E-state index in [4.69, 9.17) is 5.73 Å². The number of hydrogen-bond donors (Lipinski definition) is 1. The lowest BCUT2D eigenvalue weighted by atomic mass is 10.1. The van der Waals surface area contributed by atoms with Gasteiger partial charge in [0.05, 0.1) is 11.8 Å². The number of halogens is 1. The predicted octanol–water partition coefficient (Wildman–Crippen LogP) is 1.76. The van der Waals surface area contributed by atoms with Crippen molar-refractivity contribution >= 4 is 32.4 Å². The largest absolute Gasteiger partial charge is 0.398 e. The van der Waals surface area contributed by atoms with Crippen LogP contribution in [0.25, 0.3) is 11.4 Å². The van der Waals surface area contributed by atoms with Crippen LogP contribution in [0, 0.1) is 6.92 Å². The first kappa shape index (κ1) is 15.1. The summed E-state index contributed by atoms with van der Waals surface area (Å²) in [4.78, 5) is 0. The Labute approximate surface area is 128 Å². The molecule has 1 heterocycles. The number of aromatic nitrogens is 4. The zero-order valence-electron chi connectivity index (χ0n) is 11.5. The molecular weight excluding hydrogens is 342 g/mol. The molecule has 8 heteroatoms. The van der Waals surface area contributed by atoms with Gasteiger partial charge in [0.25, 0.3) is 0 Å². The van der Waals surface area contributed by atoms with Crippen molar-refractivity contribution < 1.29 is 4.21 Å². The van der Waals surface area contributed by atoms with E-state index in [9.17, 15) is 4.21 Å². The van der Waals surface area contributed by atoms with Gasteiger partial charge < -0.3 is 5.73 Å². The van der Waals surface area contributed by atoms with Gasteiger partial charge in [-0.25, -0.2) is 4.68 Å². The highest BCUT2D eigenvalue weighted by molar-refractivity contribution is 9.10. The summed E-state index contributed by atoms with van der Waals surface area (Å²) in [6, 6.07) is 3.78. The lowest BCUT2D eigenvalue weighted by Crippen LogP contribution is -2.19. The summed E-state index contributed by atoms with van der Waals surface area (Å²) < 4.78 is 14.0. The summed E-state index contributed by atoms with van der Waals surface area (Å²) >= 11 is 3.42. The molecule has 0 radical (unpaired) electrons. The normalized spacial score (nSPS) is 14.2. The van der Waals surface area contributed by atoms with Crippen LogP contribution in [0.3, 0.4) is 0 Å². The fraction of sp³-hybridized carbons (Fsp3) is 0.417. The molecule has 2 N–H and O–H groups in total. The number of benzene rings is 1. The van der Waals surface area contributed by atoms with Crippen molar-refractivity contribution in [1.82, 2.24) is 20.2 Å². The molecule has 0 spiro atoms. The molecule has 6 nitrogen and oxygen atoms in total. The van der Waals surface area contributed by atoms with Gasteiger partial charge >= 0.3 is 0 Å². The van der Waals surface area contributed by atoms with Crippen molar-refractivity contribution in [2.45, 2.75) is 25.6 Å². The minimum atomic E-state index is -0.924. The summed E-state index contributed by atoms with van der Waals surface area (Å²) in [6.07, 6.45) is 1.68. The zero-order chi connectivity index (χ0) is 14.9. The highest BCUT2D eigenvalue weighted by Gasteiger charge is 2.17. The van der Waals surface area contributed by atoms with E-state index in [0.29, 0.717) is 18.1 Å². The topological polar surface area (TPSA) is 86.7 Å². The second-order valence-electron chi connectivity index (χ2n) is 4.66. The molecule has 0 saturated heterocycles. The van der Waals surface area contributed by atoms with E-state index in [2.05, 4.69) is 31.5 Å². The van der Waals surface area contributed by atoms with Crippen LogP contribution >= 0.6 is 15.9 Å². The van der Waals surface area contributed by atoms with Crippen LogP contribution in [0.4, 0.5) is 5.69 Å². The first-order chi connectivity index (χ1) is 9.40. The van der Waals surface area contributed by atoms with Gasteiger partial charge in [0.1, 0.15) is 0 Å². The molecule has 0 amide bonds. The van der Waals surface area contributed by atoms with E-state index in [1.807, 2.05) is 26.0 Å². The quantitative estimate of drug-likeness (QED) is 0.842. The van der Waals surface area contributed by atoms with Crippen LogP contribution in [0.5, 0.6) is 0 Å². The average molecular weight is 358 g/mol. The average Bonchev–Trinajstić information content (AvgIpc) is 2.81.